The molecule has 1 aliphatic carbocycles. The Hall–Kier alpha value is -2.43. The quantitative estimate of drug-likeness (QED) is 0.874. The molecule has 0 aliphatic heterocycles. The van der Waals surface area contributed by atoms with Crippen LogP contribution in [0, 0.1) is 6.92 Å². The van der Waals surface area contributed by atoms with Crippen LogP contribution in [0.25, 0.3) is 0 Å². The van der Waals surface area contributed by atoms with Crippen molar-refractivity contribution >= 4 is 11.7 Å². The van der Waals surface area contributed by atoms with E-state index in [1.807, 2.05) is 48.2 Å². The Morgan fingerprint density at radius 2 is 1.92 bits per heavy atom. The average Bonchev–Trinajstić information content (AvgIpc) is 3.25. The van der Waals surface area contributed by atoms with Crippen molar-refractivity contribution in [3.63, 3.8) is 0 Å². The van der Waals surface area contributed by atoms with Crippen molar-refractivity contribution in [1.82, 2.24) is 4.90 Å². The lowest BCUT2D eigenvalue weighted by molar-refractivity contribution is 0.178. The van der Waals surface area contributed by atoms with Crippen molar-refractivity contribution in [2.24, 2.45) is 0 Å². The van der Waals surface area contributed by atoms with Crippen LogP contribution in [0.5, 0.6) is 5.75 Å². The topological polar surface area (TPSA) is 54.7 Å². The van der Waals surface area contributed by atoms with Gasteiger partial charge in [0.15, 0.2) is 0 Å². The van der Waals surface area contributed by atoms with Gasteiger partial charge in [-0.3, -0.25) is 0 Å². The summed E-state index contributed by atoms with van der Waals surface area (Å²) in [6, 6.07) is 11.4. The molecule has 0 atom stereocenters. The first kappa shape index (κ1) is 16.4. The number of hydrogen-bond acceptors (Lipinski definition) is 3. The molecular formula is C19H24N2O3. The number of ether oxygens (including phenoxy) is 1. The number of rotatable bonds is 5. The maximum atomic E-state index is 12.8. The number of nitrogens with zero attached hydrogens (tertiary/aromatic N) is 1. The molecule has 2 aromatic rings. The van der Waals surface area contributed by atoms with Gasteiger partial charge >= 0.3 is 6.03 Å². The van der Waals surface area contributed by atoms with E-state index in [9.17, 15) is 4.79 Å². The number of furan rings is 1. The fourth-order valence-corrected chi connectivity index (χ4v) is 3.19. The second kappa shape index (κ2) is 7.43. The molecule has 5 heteroatoms. The van der Waals surface area contributed by atoms with Crippen LogP contribution < -0.4 is 10.1 Å². The molecule has 0 spiro atoms. The molecule has 5 nitrogen and oxygen atoms in total. The molecule has 2 amide bonds. The lowest BCUT2D eigenvalue weighted by Gasteiger charge is -2.28. The van der Waals surface area contributed by atoms with E-state index in [1.165, 1.54) is 12.8 Å². The molecule has 1 fully saturated rings. The largest absolute Gasteiger partial charge is 0.497 e. The highest BCUT2D eigenvalue weighted by atomic mass is 16.5. The fourth-order valence-electron chi connectivity index (χ4n) is 3.19. The molecule has 0 radical (unpaired) electrons. The predicted octanol–water partition coefficient (Wildman–Crippen LogP) is 4.57. The number of nitrogens with one attached hydrogen (secondary N) is 1. The SMILES string of the molecule is COc1ccc(NC(=O)N(Cc2ccc(C)o2)C2CCCC2)cc1. The number of carbonyl (C=O) groups excluding carboxylic acids is 1. The molecule has 1 aliphatic rings. The Morgan fingerprint density at radius 3 is 2.50 bits per heavy atom. The molecule has 1 heterocycles. The molecule has 128 valence electrons. The van der Waals surface area contributed by atoms with E-state index >= 15 is 0 Å². The van der Waals surface area contributed by atoms with E-state index < -0.39 is 0 Å². The minimum Gasteiger partial charge on any atom is -0.497 e. The van der Waals surface area contributed by atoms with Gasteiger partial charge in [0, 0.05) is 11.7 Å². The van der Waals surface area contributed by atoms with E-state index in [4.69, 9.17) is 9.15 Å². The predicted molar refractivity (Wildman–Crippen MR) is 93.3 cm³/mol. The second-order valence-corrected chi connectivity index (χ2v) is 6.24. The van der Waals surface area contributed by atoms with E-state index in [0.717, 1.165) is 35.8 Å². The number of urea groups is 1. The van der Waals surface area contributed by atoms with Gasteiger partial charge in [0.25, 0.3) is 0 Å². The molecule has 0 bridgehead atoms. The van der Waals surface area contributed by atoms with Crippen molar-refractivity contribution in [2.45, 2.75) is 45.2 Å². The van der Waals surface area contributed by atoms with Crippen molar-refractivity contribution in [3.8, 4) is 5.75 Å². The summed E-state index contributed by atoms with van der Waals surface area (Å²) in [5.41, 5.74) is 0.763. The van der Waals surface area contributed by atoms with Crippen LogP contribution >= 0.6 is 0 Å². The number of aryl methyl sites for hydroxylation is 1. The van der Waals surface area contributed by atoms with Gasteiger partial charge in [-0.1, -0.05) is 12.8 Å². The third-order valence-corrected chi connectivity index (χ3v) is 4.49. The molecule has 0 saturated heterocycles. The summed E-state index contributed by atoms with van der Waals surface area (Å²) >= 11 is 0. The third kappa shape index (κ3) is 3.91. The van der Waals surface area contributed by atoms with E-state index in [2.05, 4.69) is 5.32 Å². The highest BCUT2D eigenvalue weighted by Crippen LogP contribution is 2.26. The van der Waals surface area contributed by atoms with Gasteiger partial charge in [-0.05, 0) is 56.2 Å². The molecule has 1 aromatic heterocycles. The van der Waals surface area contributed by atoms with Gasteiger partial charge in [-0.25, -0.2) is 4.79 Å². The monoisotopic (exact) mass is 328 g/mol. The second-order valence-electron chi connectivity index (χ2n) is 6.24. The van der Waals surface area contributed by atoms with Crippen molar-refractivity contribution < 1.29 is 13.9 Å². The van der Waals surface area contributed by atoms with Crippen LogP contribution in [0.4, 0.5) is 10.5 Å². The van der Waals surface area contributed by atoms with Crippen molar-refractivity contribution in [1.29, 1.82) is 0 Å². The average molecular weight is 328 g/mol. The Kier molecular flexibility index (Phi) is 5.08. The number of benzene rings is 1. The zero-order chi connectivity index (χ0) is 16.9. The van der Waals surface area contributed by atoms with E-state index in [-0.39, 0.29) is 12.1 Å². The van der Waals surface area contributed by atoms with Crippen LogP contribution in [0.2, 0.25) is 0 Å². The zero-order valence-corrected chi connectivity index (χ0v) is 14.2. The standard InChI is InChI=1S/C19H24N2O3/c1-14-7-10-18(24-14)13-21(16-5-3-4-6-16)19(22)20-15-8-11-17(23-2)12-9-15/h7-12,16H,3-6,13H2,1-2H3,(H,20,22). The number of methoxy groups -OCH3 is 1. The summed E-state index contributed by atoms with van der Waals surface area (Å²) in [4.78, 5) is 14.7. The van der Waals surface area contributed by atoms with Gasteiger partial charge < -0.3 is 19.4 Å². The summed E-state index contributed by atoms with van der Waals surface area (Å²) in [7, 11) is 1.63. The summed E-state index contributed by atoms with van der Waals surface area (Å²) in [6.45, 7) is 2.42. The lowest BCUT2D eigenvalue weighted by atomic mass is 10.2. The van der Waals surface area contributed by atoms with Crippen LogP contribution in [-0.4, -0.2) is 24.1 Å². The molecule has 1 N–H and O–H groups in total. The van der Waals surface area contributed by atoms with Gasteiger partial charge in [0.05, 0.1) is 13.7 Å². The van der Waals surface area contributed by atoms with Gasteiger partial charge in [-0.2, -0.15) is 0 Å². The van der Waals surface area contributed by atoms with Crippen LogP contribution in [-0.2, 0) is 6.54 Å². The van der Waals surface area contributed by atoms with Gasteiger partial charge in [0.2, 0.25) is 0 Å². The van der Waals surface area contributed by atoms with Crippen molar-refractivity contribution in [2.75, 3.05) is 12.4 Å². The van der Waals surface area contributed by atoms with Gasteiger partial charge in [-0.15, -0.1) is 0 Å². The maximum absolute atomic E-state index is 12.8. The Bertz CT molecular complexity index is 672. The molecule has 1 aromatic carbocycles. The summed E-state index contributed by atoms with van der Waals surface area (Å²) < 4.78 is 10.8. The first-order chi connectivity index (χ1) is 11.7. The highest BCUT2D eigenvalue weighted by molar-refractivity contribution is 5.89. The molecule has 0 unspecified atom stereocenters. The van der Waals surface area contributed by atoms with Crippen LogP contribution in [0.15, 0.2) is 40.8 Å². The first-order valence-electron chi connectivity index (χ1n) is 8.42. The summed E-state index contributed by atoms with van der Waals surface area (Å²) in [5.74, 6) is 2.46. The lowest BCUT2D eigenvalue weighted by Crippen LogP contribution is -2.41. The third-order valence-electron chi connectivity index (χ3n) is 4.49. The van der Waals surface area contributed by atoms with Crippen molar-refractivity contribution in [3.05, 3.63) is 47.9 Å². The minimum atomic E-state index is -0.0823. The normalized spacial score (nSPS) is 14.6. The van der Waals surface area contributed by atoms with Crippen LogP contribution in [0.3, 0.4) is 0 Å². The molecular weight excluding hydrogens is 304 g/mol. The highest BCUT2D eigenvalue weighted by Gasteiger charge is 2.27. The Balaban J connectivity index is 1.72. The smallest absolute Gasteiger partial charge is 0.322 e. The van der Waals surface area contributed by atoms with Crippen LogP contribution in [0.1, 0.15) is 37.2 Å². The van der Waals surface area contributed by atoms with Gasteiger partial charge in [0.1, 0.15) is 17.3 Å². The van der Waals surface area contributed by atoms with E-state index in [1.54, 1.807) is 7.11 Å². The summed E-state index contributed by atoms with van der Waals surface area (Å²) in [5, 5.41) is 2.99. The molecule has 24 heavy (non-hydrogen) atoms. The number of hydrogen-bond donors (Lipinski definition) is 1. The number of carbonyl (C=O) groups is 1. The molecule has 1 saturated carbocycles. The Labute approximate surface area is 142 Å². The molecule has 3 rings (SSSR count). The summed E-state index contributed by atoms with van der Waals surface area (Å²) in [6.07, 6.45) is 4.45. The Morgan fingerprint density at radius 1 is 1.21 bits per heavy atom. The number of amides is 2. The van der Waals surface area contributed by atoms with E-state index in [0.29, 0.717) is 6.54 Å². The fraction of sp³-hybridized carbons (Fsp3) is 0.421. The number of anilines is 1. The maximum Gasteiger partial charge on any atom is 0.322 e. The minimum absolute atomic E-state index is 0.0823. The zero-order valence-electron chi connectivity index (χ0n) is 14.2. The first-order valence-corrected chi connectivity index (χ1v) is 8.42.